The number of aldehydes is 1. The molecule has 5 heteroatoms. The van der Waals surface area contributed by atoms with Gasteiger partial charge in [0.15, 0.2) is 6.29 Å². The van der Waals surface area contributed by atoms with E-state index >= 15 is 0 Å². The van der Waals surface area contributed by atoms with Gasteiger partial charge in [0.05, 0.1) is 7.11 Å². The smallest absolute Gasteiger partial charge is 0.343 e. The standard InChI is InChI=1S/C11H11NO4/c1-16-11(15)9-4-7(6-13)5-12(10(9)14)8-2-3-8/h4-6,8H,2-3H2,1H3. The highest BCUT2D eigenvalue weighted by Crippen LogP contribution is 2.33. The van der Waals surface area contributed by atoms with Crippen molar-refractivity contribution in [2.45, 2.75) is 18.9 Å². The first kappa shape index (κ1) is 10.6. The number of nitrogens with zero attached hydrogens (tertiary/aromatic N) is 1. The van der Waals surface area contributed by atoms with Crippen LogP contribution < -0.4 is 5.56 Å². The fourth-order valence-corrected chi connectivity index (χ4v) is 1.57. The normalized spacial score (nSPS) is 14.6. The molecule has 1 aliphatic rings. The molecule has 2 rings (SSSR count). The van der Waals surface area contributed by atoms with Crippen LogP contribution in [0.2, 0.25) is 0 Å². The van der Waals surface area contributed by atoms with Crippen LogP contribution in [-0.4, -0.2) is 23.9 Å². The summed E-state index contributed by atoms with van der Waals surface area (Å²) in [4.78, 5) is 33.9. The average molecular weight is 221 g/mol. The fraction of sp³-hybridized carbons (Fsp3) is 0.364. The number of carbonyl (C=O) groups excluding carboxylic acids is 2. The Kier molecular flexibility index (Phi) is 2.60. The van der Waals surface area contributed by atoms with Gasteiger partial charge in [0.1, 0.15) is 5.56 Å². The molecule has 0 aromatic carbocycles. The molecule has 0 bridgehead atoms. The number of rotatable bonds is 3. The van der Waals surface area contributed by atoms with Crippen molar-refractivity contribution >= 4 is 12.3 Å². The van der Waals surface area contributed by atoms with Gasteiger partial charge in [-0.1, -0.05) is 0 Å². The third-order valence-electron chi connectivity index (χ3n) is 2.55. The van der Waals surface area contributed by atoms with Gasteiger partial charge < -0.3 is 9.30 Å². The zero-order valence-corrected chi connectivity index (χ0v) is 8.80. The third kappa shape index (κ3) is 1.76. The molecule has 84 valence electrons. The van der Waals surface area contributed by atoms with Crippen molar-refractivity contribution in [1.82, 2.24) is 4.57 Å². The maximum absolute atomic E-state index is 11.9. The van der Waals surface area contributed by atoms with Gasteiger partial charge in [-0.05, 0) is 18.9 Å². The third-order valence-corrected chi connectivity index (χ3v) is 2.55. The van der Waals surface area contributed by atoms with Gasteiger partial charge in [-0.2, -0.15) is 0 Å². The summed E-state index contributed by atoms with van der Waals surface area (Å²) < 4.78 is 5.94. The van der Waals surface area contributed by atoms with Gasteiger partial charge in [-0.25, -0.2) is 4.79 Å². The van der Waals surface area contributed by atoms with E-state index < -0.39 is 5.97 Å². The number of esters is 1. The van der Waals surface area contributed by atoms with E-state index in [9.17, 15) is 14.4 Å². The van der Waals surface area contributed by atoms with Crippen molar-refractivity contribution in [3.63, 3.8) is 0 Å². The molecule has 0 N–H and O–H groups in total. The largest absolute Gasteiger partial charge is 0.465 e. The number of hydrogen-bond donors (Lipinski definition) is 0. The van der Waals surface area contributed by atoms with Crippen LogP contribution in [0.1, 0.15) is 39.6 Å². The highest BCUT2D eigenvalue weighted by atomic mass is 16.5. The zero-order chi connectivity index (χ0) is 11.7. The summed E-state index contributed by atoms with van der Waals surface area (Å²) in [5.41, 5.74) is -0.161. The average Bonchev–Trinajstić information content (AvgIpc) is 3.12. The van der Waals surface area contributed by atoms with Crippen LogP contribution in [0.4, 0.5) is 0 Å². The monoisotopic (exact) mass is 221 g/mol. The summed E-state index contributed by atoms with van der Waals surface area (Å²) in [6, 6.07) is 1.39. The van der Waals surface area contributed by atoms with E-state index in [0.29, 0.717) is 11.8 Å². The lowest BCUT2D eigenvalue weighted by molar-refractivity contribution is 0.0598. The molecule has 1 aromatic rings. The van der Waals surface area contributed by atoms with E-state index in [2.05, 4.69) is 4.74 Å². The van der Waals surface area contributed by atoms with E-state index in [1.165, 1.54) is 23.9 Å². The van der Waals surface area contributed by atoms with Crippen molar-refractivity contribution in [2.75, 3.05) is 7.11 Å². The molecule has 1 saturated carbocycles. The van der Waals surface area contributed by atoms with Crippen molar-refractivity contribution < 1.29 is 14.3 Å². The van der Waals surface area contributed by atoms with Crippen molar-refractivity contribution in [2.24, 2.45) is 0 Å². The summed E-state index contributed by atoms with van der Waals surface area (Å²) in [5.74, 6) is -0.705. The molecule has 1 aromatic heterocycles. The van der Waals surface area contributed by atoms with E-state index in [-0.39, 0.29) is 17.2 Å². The van der Waals surface area contributed by atoms with Gasteiger partial charge >= 0.3 is 5.97 Å². The predicted octanol–water partition coefficient (Wildman–Crippen LogP) is 0.782. The van der Waals surface area contributed by atoms with Crippen molar-refractivity contribution in [3.8, 4) is 0 Å². The Morgan fingerprint density at radius 1 is 1.56 bits per heavy atom. The Balaban J connectivity index is 2.58. The first-order valence-electron chi connectivity index (χ1n) is 4.97. The molecular formula is C11H11NO4. The van der Waals surface area contributed by atoms with Crippen LogP contribution in [0, 0.1) is 0 Å². The quantitative estimate of drug-likeness (QED) is 0.559. The molecule has 5 nitrogen and oxygen atoms in total. The minimum Gasteiger partial charge on any atom is -0.465 e. The molecule has 0 amide bonds. The van der Waals surface area contributed by atoms with Crippen LogP contribution in [0.15, 0.2) is 17.1 Å². The summed E-state index contributed by atoms with van der Waals surface area (Å²) in [5, 5.41) is 0. The number of aromatic nitrogens is 1. The first-order valence-corrected chi connectivity index (χ1v) is 4.97. The van der Waals surface area contributed by atoms with Crippen LogP contribution in [0.3, 0.4) is 0 Å². The molecule has 1 heterocycles. The van der Waals surface area contributed by atoms with Crippen LogP contribution >= 0.6 is 0 Å². The summed E-state index contributed by atoms with van der Waals surface area (Å²) in [6.45, 7) is 0. The molecule has 1 fully saturated rings. The lowest BCUT2D eigenvalue weighted by atomic mass is 10.2. The number of carbonyl (C=O) groups is 2. The Labute approximate surface area is 91.6 Å². The topological polar surface area (TPSA) is 65.4 Å². The molecule has 0 saturated heterocycles. The second kappa shape index (κ2) is 3.92. The minimum atomic E-state index is -0.705. The molecule has 0 radical (unpaired) electrons. The number of pyridine rings is 1. The molecule has 16 heavy (non-hydrogen) atoms. The van der Waals surface area contributed by atoms with Crippen molar-refractivity contribution in [3.05, 3.63) is 33.7 Å². The van der Waals surface area contributed by atoms with Gasteiger partial charge in [0.25, 0.3) is 5.56 Å². The van der Waals surface area contributed by atoms with Gasteiger partial charge in [-0.3, -0.25) is 9.59 Å². The lowest BCUT2D eigenvalue weighted by Crippen LogP contribution is -2.26. The van der Waals surface area contributed by atoms with E-state index in [4.69, 9.17) is 0 Å². The maximum Gasteiger partial charge on any atom is 0.343 e. The molecular weight excluding hydrogens is 210 g/mol. The van der Waals surface area contributed by atoms with E-state index in [1.54, 1.807) is 0 Å². The molecule has 0 aliphatic heterocycles. The first-order chi connectivity index (χ1) is 7.67. The summed E-state index contributed by atoms with van der Waals surface area (Å²) in [7, 11) is 1.21. The Morgan fingerprint density at radius 2 is 2.25 bits per heavy atom. The van der Waals surface area contributed by atoms with E-state index in [0.717, 1.165) is 12.8 Å². The van der Waals surface area contributed by atoms with E-state index in [1.807, 2.05) is 0 Å². The Morgan fingerprint density at radius 3 is 2.75 bits per heavy atom. The Hall–Kier alpha value is -1.91. The molecule has 0 spiro atoms. The Bertz CT molecular complexity index is 499. The SMILES string of the molecule is COC(=O)c1cc(C=O)cn(C2CC2)c1=O. The van der Waals surface area contributed by atoms with Gasteiger partial charge in [0.2, 0.25) is 0 Å². The number of methoxy groups -OCH3 is 1. The number of hydrogen-bond acceptors (Lipinski definition) is 4. The van der Waals surface area contributed by atoms with Gasteiger partial charge in [-0.15, -0.1) is 0 Å². The zero-order valence-electron chi connectivity index (χ0n) is 8.80. The van der Waals surface area contributed by atoms with Crippen LogP contribution in [0.25, 0.3) is 0 Å². The predicted molar refractivity (Wildman–Crippen MR) is 55.7 cm³/mol. The highest BCUT2D eigenvalue weighted by molar-refractivity contribution is 5.91. The lowest BCUT2D eigenvalue weighted by Gasteiger charge is -2.06. The molecule has 0 unspecified atom stereocenters. The van der Waals surface area contributed by atoms with Gasteiger partial charge in [0, 0.05) is 17.8 Å². The minimum absolute atomic E-state index is 0.0843. The van der Waals surface area contributed by atoms with Crippen molar-refractivity contribution in [1.29, 1.82) is 0 Å². The van der Waals surface area contributed by atoms with Crippen LogP contribution in [0.5, 0.6) is 0 Å². The summed E-state index contributed by atoms with van der Waals surface area (Å²) >= 11 is 0. The molecule has 1 aliphatic carbocycles. The van der Waals surface area contributed by atoms with Crippen LogP contribution in [-0.2, 0) is 4.74 Å². The number of ether oxygens (including phenoxy) is 1. The second-order valence-electron chi connectivity index (χ2n) is 3.74. The maximum atomic E-state index is 11.9. The summed E-state index contributed by atoms with van der Waals surface area (Å²) in [6.07, 6.45) is 3.91. The fourth-order valence-electron chi connectivity index (χ4n) is 1.57. The highest BCUT2D eigenvalue weighted by Gasteiger charge is 2.27. The molecule has 0 atom stereocenters. The second-order valence-corrected chi connectivity index (χ2v) is 3.74.